The molecular formula is C17H21N3O2. The van der Waals surface area contributed by atoms with Crippen LogP contribution in [0, 0.1) is 19.8 Å². The van der Waals surface area contributed by atoms with E-state index in [1.165, 1.54) is 0 Å². The normalized spacial score (nSPS) is 17.3. The van der Waals surface area contributed by atoms with Crippen molar-refractivity contribution in [3.63, 3.8) is 0 Å². The third kappa shape index (κ3) is 2.47. The highest BCUT2D eigenvalue weighted by Gasteiger charge is 2.32. The molecule has 0 spiro atoms. The van der Waals surface area contributed by atoms with Gasteiger partial charge in [0.2, 0.25) is 5.76 Å². The summed E-state index contributed by atoms with van der Waals surface area (Å²) >= 11 is 0. The minimum Gasteiger partial charge on any atom is -0.436 e. The van der Waals surface area contributed by atoms with Crippen LogP contribution in [0.3, 0.4) is 0 Å². The summed E-state index contributed by atoms with van der Waals surface area (Å²) in [7, 11) is 0. The van der Waals surface area contributed by atoms with E-state index in [1.54, 1.807) is 18.7 Å². The molecule has 2 aromatic rings. The van der Waals surface area contributed by atoms with E-state index in [2.05, 4.69) is 24.1 Å². The van der Waals surface area contributed by atoms with E-state index < -0.39 is 0 Å². The fraction of sp³-hybridized carbons (Fsp3) is 0.412. The van der Waals surface area contributed by atoms with Gasteiger partial charge in [-0.25, -0.2) is 4.98 Å². The highest BCUT2D eigenvalue weighted by atomic mass is 16.4. The first-order chi connectivity index (χ1) is 10.5. The number of oxazole rings is 1. The zero-order valence-corrected chi connectivity index (χ0v) is 13.4. The molecule has 1 aromatic carbocycles. The zero-order valence-electron chi connectivity index (χ0n) is 13.4. The van der Waals surface area contributed by atoms with E-state index in [0.29, 0.717) is 29.8 Å². The number of nitrogens with zero attached hydrogens (tertiary/aromatic N) is 2. The lowest BCUT2D eigenvalue weighted by molar-refractivity contribution is 0.0955. The number of hydrogen-bond acceptors (Lipinski definition) is 4. The molecule has 3 rings (SSSR count). The smallest absolute Gasteiger partial charge is 0.296 e. The molecule has 0 bridgehead atoms. The molecular weight excluding hydrogens is 278 g/mol. The summed E-state index contributed by atoms with van der Waals surface area (Å²) in [6, 6.07) is 8.08. The second kappa shape index (κ2) is 5.48. The zero-order chi connectivity index (χ0) is 15.9. The number of carbonyl (C=O) groups is 1. The van der Waals surface area contributed by atoms with Crippen molar-refractivity contribution < 1.29 is 9.21 Å². The van der Waals surface area contributed by atoms with Gasteiger partial charge in [-0.2, -0.15) is 0 Å². The van der Waals surface area contributed by atoms with Crippen molar-refractivity contribution in [1.29, 1.82) is 0 Å². The maximum absolute atomic E-state index is 12.9. The van der Waals surface area contributed by atoms with Crippen LogP contribution in [0.1, 0.15) is 36.0 Å². The monoisotopic (exact) mass is 299 g/mol. The summed E-state index contributed by atoms with van der Waals surface area (Å²) in [5, 5.41) is 3.51. The second-order valence-electron chi connectivity index (χ2n) is 6.08. The third-order valence-corrected chi connectivity index (χ3v) is 4.06. The Kier molecular flexibility index (Phi) is 3.64. The van der Waals surface area contributed by atoms with Crippen molar-refractivity contribution in [2.75, 3.05) is 16.8 Å². The van der Waals surface area contributed by atoms with Crippen LogP contribution in [0.15, 0.2) is 28.7 Å². The molecule has 5 heteroatoms. The van der Waals surface area contributed by atoms with Gasteiger partial charge in [-0.1, -0.05) is 26.0 Å². The molecule has 2 heterocycles. The van der Waals surface area contributed by atoms with Gasteiger partial charge in [0.05, 0.1) is 17.1 Å². The Morgan fingerprint density at radius 3 is 2.73 bits per heavy atom. The summed E-state index contributed by atoms with van der Waals surface area (Å²) in [6.07, 6.45) is 0. The van der Waals surface area contributed by atoms with E-state index >= 15 is 0 Å². The maximum atomic E-state index is 12.9. The fourth-order valence-corrected chi connectivity index (χ4v) is 2.79. The summed E-state index contributed by atoms with van der Waals surface area (Å²) in [4.78, 5) is 18.9. The number of rotatable bonds is 2. The number of nitrogens with one attached hydrogen (secondary N) is 1. The minimum atomic E-state index is -0.127. The summed E-state index contributed by atoms with van der Waals surface area (Å²) in [5.41, 5.74) is 2.51. The van der Waals surface area contributed by atoms with E-state index in [1.807, 2.05) is 24.3 Å². The van der Waals surface area contributed by atoms with Crippen LogP contribution >= 0.6 is 0 Å². The van der Waals surface area contributed by atoms with Crippen molar-refractivity contribution in [1.82, 2.24) is 4.98 Å². The fourth-order valence-electron chi connectivity index (χ4n) is 2.79. The number of fused-ring (bicyclic) bond motifs is 1. The van der Waals surface area contributed by atoms with Crippen LogP contribution in [0.4, 0.5) is 11.4 Å². The second-order valence-corrected chi connectivity index (χ2v) is 6.08. The summed E-state index contributed by atoms with van der Waals surface area (Å²) in [6.45, 7) is 8.48. The van der Waals surface area contributed by atoms with Gasteiger partial charge < -0.3 is 14.6 Å². The molecule has 1 amide bonds. The Hall–Kier alpha value is -2.30. The minimum absolute atomic E-state index is 0.127. The molecule has 0 saturated heterocycles. The molecule has 116 valence electrons. The molecule has 0 unspecified atom stereocenters. The Morgan fingerprint density at radius 2 is 2.09 bits per heavy atom. The van der Waals surface area contributed by atoms with Crippen LogP contribution in [0.5, 0.6) is 0 Å². The van der Waals surface area contributed by atoms with E-state index in [9.17, 15) is 4.79 Å². The molecule has 1 atom stereocenters. The van der Waals surface area contributed by atoms with Gasteiger partial charge in [0, 0.05) is 19.5 Å². The lowest BCUT2D eigenvalue weighted by Crippen LogP contribution is -2.47. The highest BCUT2D eigenvalue weighted by molar-refractivity contribution is 6.07. The van der Waals surface area contributed by atoms with Crippen molar-refractivity contribution >= 4 is 17.3 Å². The lowest BCUT2D eigenvalue weighted by atomic mass is 9.99. The van der Waals surface area contributed by atoms with E-state index in [0.717, 1.165) is 11.4 Å². The molecule has 1 aromatic heterocycles. The molecule has 1 aliphatic heterocycles. The van der Waals surface area contributed by atoms with Crippen molar-refractivity contribution in [3.8, 4) is 0 Å². The third-order valence-electron chi connectivity index (χ3n) is 4.06. The number of aryl methyl sites for hydroxylation is 2. The summed E-state index contributed by atoms with van der Waals surface area (Å²) in [5.74, 6) is 1.14. The Morgan fingerprint density at radius 1 is 1.36 bits per heavy atom. The molecule has 0 aliphatic carbocycles. The lowest BCUT2D eigenvalue weighted by Gasteiger charge is -2.37. The number of para-hydroxylation sites is 2. The number of anilines is 2. The predicted octanol–water partition coefficient (Wildman–Crippen LogP) is 3.39. The largest absolute Gasteiger partial charge is 0.436 e. The van der Waals surface area contributed by atoms with Gasteiger partial charge in [-0.3, -0.25) is 4.79 Å². The first-order valence-electron chi connectivity index (χ1n) is 7.59. The molecule has 5 nitrogen and oxygen atoms in total. The maximum Gasteiger partial charge on any atom is 0.296 e. The standard InChI is InChI=1S/C17H21N3O2/c1-10(2)14-9-20(15-8-6-5-7-13(15)19-14)17(21)16-11(3)18-12(4)22-16/h5-8,10,14,19H,9H2,1-4H3/t14-/m0/s1. The topological polar surface area (TPSA) is 58.4 Å². The first kappa shape index (κ1) is 14.6. The van der Waals surface area contributed by atoms with Crippen LogP contribution in [-0.4, -0.2) is 23.5 Å². The van der Waals surface area contributed by atoms with Crippen LogP contribution < -0.4 is 10.2 Å². The van der Waals surface area contributed by atoms with Crippen molar-refractivity contribution in [2.45, 2.75) is 33.7 Å². The van der Waals surface area contributed by atoms with Gasteiger partial charge >= 0.3 is 0 Å². The Labute approximate surface area is 130 Å². The van der Waals surface area contributed by atoms with Crippen molar-refractivity contribution in [3.05, 3.63) is 41.6 Å². The van der Waals surface area contributed by atoms with Crippen molar-refractivity contribution in [2.24, 2.45) is 5.92 Å². The SMILES string of the molecule is Cc1nc(C)c(C(=O)N2C[C@@H](C(C)C)Nc3ccccc32)o1. The molecule has 22 heavy (non-hydrogen) atoms. The summed E-state index contributed by atoms with van der Waals surface area (Å²) < 4.78 is 5.52. The van der Waals surface area contributed by atoms with Gasteiger partial charge in [0.25, 0.3) is 5.91 Å². The molecule has 0 fully saturated rings. The van der Waals surface area contributed by atoms with Crippen LogP contribution in [0.2, 0.25) is 0 Å². The average Bonchev–Trinajstić information content (AvgIpc) is 2.84. The van der Waals surface area contributed by atoms with Crippen LogP contribution in [0.25, 0.3) is 0 Å². The highest BCUT2D eigenvalue weighted by Crippen LogP contribution is 2.33. The molecule has 0 saturated carbocycles. The number of carbonyl (C=O) groups excluding carboxylic acids is 1. The van der Waals surface area contributed by atoms with Gasteiger partial charge in [0.15, 0.2) is 5.89 Å². The number of amides is 1. The average molecular weight is 299 g/mol. The van der Waals surface area contributed by atoms with E-state index in [4.69, 9.17) is 4.42 Å². The quantitative estimate of drug-likeness (QED) is 0.923. The number of benzene rings is 1. The molecule has 1 N–H and O–H groups in total. The van der Waals surface area contributed by atoms with Gasteiger partial charge in [0.1, 0.15) is 0 Å². The van der Waals surface area contributed by atoms with E-state index in [-0.39, 0.29) is 11.9 Å². The molecule has 0 radical (unpaired) electrons. The Balaban J connectivity index is 2.01. The Bertz CT molecular complexity index is 706. The number of aromatic nitrogens is 1. The predicted molar refractivity (Wildman–Crippen MR) is 86.3 cm³/mol. The number of hydrogen-bond donors (Lipinski definition) is 1. The van der Waals surface area contributed by atoms with Gasteiger partial charge in [-0.05, 0) is 25.0 Å². The molecule has 1 aliphatic rings. The van der Waals surface area contributed by atoms with Crippen LogP contribution in [-0.2, 0) is 0 Å². The van der Waals surface area contributed by atoms with Gasteiger partial charge in [-0.15, -0.1) is 0 Å². The first-order valence-corrected chi connectivity index (χ1v) is 7.59.